The van der Waals surface area contributed by atoms with Crippen LogP contribution in [0.15, 0.2) is 48.5 Å². The van der Waals surface area contributed by atoms with E-state index in [4.69, 9.17) is 16.3 Å². The largest absolute Gasteiger partial charge is 0.494 e. The molecule has 0 radical (unpaired) electrons. The zero-order valence-electron chi connectivity index (χ0n) is 13.9. The number of halogens is 1. The van der Waals surface area contributed by atoms with Crippen LogP contribution in [0, 0.1) is 0 Å². The van der Waals surface area contributed by atoms with Gasteiger partial charge in [-0.3, -0.25) is 0 Å². The lowest BCUT2D eigenvalue weighted by atomic mass is 10.1. The molecule has 0 heterocycles. The second-order valence-electron chi connectivity index (χ2n) is 5.74. The number of ether oxygens (including phenoxy) is 1. The van der Waals surface area contributed by atoms with Gasteiger partial charge in [-0.1, -0.05) is 56.0 Å². The molecule has 23 heavy (non-hydrogen) atoms. The predicted octanol–water partition coefficient (Wildman–Crippen LogP) is 5.95. The van der Waals surface area contributed by atoms with Gasteiger partial charge in [-0.25, -0.2) is 0 Å². The van der Waals surface area contributed by atoms with E-state index in [9.17, 15) is 0 Å². The van der Waals surface area contributed by atoms with Crippen LogP contribution in [0.5, 0.6) is 5.75 Å². The summed E-state index contributed by atoms with van der Waals surface area (Å²) in [6.07, 6.45) is 5.89. The fourth-order valence-electron chi connectivity index (χ4n) is 2.42. The first-order valence-electron chi connectivity index (χ1n) is 8.49. The SMILES string of the molecule is CCCCCCOc1cccc(NCCc2ccc(Cl)cc2)c1. The highest BCUT2D eigenvalue weighted by atomic mass is 35.5. The molecule has 0 unspecified atom stereocenters. The first-order valence-corrected chi connectivity index (χ1v) is 8.87. The van der Waals surface area contributed by atoms with Gasteiger partial charge in [0.25, 0.3) is 0 Å². The molecule has 124 valence electrons. The Balaban J connectivity index is 1.72. The highest BCUT2D eigenvalue weighted by Crippen LogP contribution is 2.18. The van der Waals surface area contributed by atoms with Crippen molar-refractivity contribution in [3.63, 3.8) is 0 Å². The lowest BCUT2D eigenvalue weighted by Gasteiger charge is -2.10. The van der Waals surface area contributed by atoms with Gasteiger partial charge in [0.05, 0.1) is 6.61 Å². The minimum Gasteiger partial charge on any atom is -0.494 e. The average molecular weight is 332 g/mol. The molecule has 2 rings (SSSR count). The van der Waals surface area contributed by atoms with Crippen LogP contribution < -0.4 is 10.1 Å². The Labute approximate surface area is 144 Å². The van der Waals surface area contributed by atoms with Crippen LogP contribution in [-0.4, -0.2) is 13.2 Å². The Morgan fingerprint density at radius 2 is 1.83 bits per heavy atom. The summed E-state index contributed by atoms with van der Waals surface area (Å²) in [5.41, 5.74) is 2.38. The number of unbranched alkanes of at least 4 members (excludes halogenated alkanes) is 3. The van der Waals surface area contributed by atoms with Gasteiger partial charge in [-0.2, -0.15) is 0 Å². The van der Waals surface area contributed by atoms with Gasteiger partial charge in [0.2, 0.25) is 0 Å². The van der Waals surface area contributed by atoms with Crippen LogP contribution in [0.1, 0.15) is 38.2 Å². The van der Waals surface area contributed by atoms with Crippen molar-refractivity contribution in [3.8, 4) is 5.75 Å². The standard InChI is InChI=1S/C20H26ClNO/c1-2-3-4-5-15-23-20-8-6-7-19(16-20)22-14-13-17-9-11-18(21)12-10-17/h6-12,16,22H,2-5,13-15H2,1H3. The first-order chi connectivity index (χ1) is 11.3. The summed E-state index contributed by atoms with van der Waals surface area (Å²) in [5.74, 6) is 0.943. The van der Waals surface area contributed by atoms with E-state index in [1.54, 1.807) is 0 Å². The molecule has 0 spiro atoms. The van der Waals surface area contributed by atoms with Crippen LogP contribution in [-0.2, 0) is 6.42 Å². The molecule has 0 aliphatic rings. The third-order valence-corrected chi connectivity index (χ3v) is 4.01. The molecule has 0 fully saturated rings. The lowest BCUT2D eigenvalue weighted by Crippen LogP contribution is -2.05. The molecule has 0 aromatic heterocycles. The Morgan fingerprint density at radius 3 is 2.61 bits per heavy atom. The molecule has 0 saturated heterocycles. The summed E-state index contributed by atoms with van der Waals surface area (Å²) < 4.78 is 5.82. The minimum atomic E-state index is 0.783. The number of nitrogens with one attached hydrogen (secondary N) is 1. The van der Waals surface area contributed by atoms with Crippen molar-refractivity contribution in [1.82, 2.24) is 0 Å². The number of hydrogen-bond acceptors (Lipinski definition) is 2. The van der Waals surface area contributed by atoms with Crippen molar-refractivity contribution >= 4 is 17.3 Å². The van der Waals surface area contributed by atoms with Gasteiger partial charge in [0, 0.05) is 23.3 Å². The first kappa shape index (κ1) is 17.7. The Bertz CT molecular complexity index is 568. The second-order valence-corrected chi connectivity index (χ2v) is 6.18. The third-order valence-electron chi connectivity index (χ3n) is 3.76. The van der Waals surface area contributed by atoms with Crippen LogP contribution in [0.4, 0.5) is 5.69 Å². The summed E-state index contributed by atoms with van der Waals surface area (Å²) in [7, 11) is 0. The van der Waals surface area contributed by atoms with E-state index in [2.05, 4.69) is 36.5 Å². The maximum Gasteiger partial charge on any atom is 0.121 e. The molecular formula is C20H26ClNO. The molecule has 0 aliphatic heterocycles. The van der Waals surface area contributed by atoms with E-state index in [1.807, 2.05) is 24.3 Å². The maximum absolute atomic E-state index is 5.90. The lowest BCUT2D eigenvalue weighted by molar-refractivity contribution is 0.305. The van der Waals surface area contributed by atoms with Crippen LogP contribution in [0.2, 0.25) is 5.02 Å². The summed E-state index contributed by atoms with van der Waals surface area (Å²) >= 11 is 5.90. The normalized spacial score (nSPS) is 10.5. The molecule has 2 aromatic rings. The van der Waals surface area contributed by atoms with E-state index in [0.29, 0.717) is 0 Å². The smallest absolute Gasteiger partial charge is 0.121 e. The van der Waals surface area contributed by atoms with Crippen LogP contribution in [0.25, 0.3) is 0 Å². The predicted molar refractivity (Wildman–Crippen MR) is 99.7 cm³/mol. The minimum absolute atomic E-state index is 0.783. The fraction of sp³-hybridized carbons (Fsp3) is 0.400. The van der Waals surface area contributed by atoms with Crippen molar-refractivity contribution < 1.29 is 4.74 Å². The maximum atomic E-state index is 5.90. The molecule has 2 aromatic carbocycles. The number of benzene rings is 2. The van der Waals surface area contributed by atoms with Gasteiger partial charge in [-0.15, -0.1) is 0 Å². The highest BCUT2D eigenvalue weighted by Gasteiger charge is 1.98. The molecule has 0 atom stereocenters. The van der Waals surface area contributed by atoms with E-state index < -0.39 is 0 Å². The van der Waals surface area contributed by atoms with E-state index in [0.717, 1.165) is 42.5 Å². The van der Waals surface area contributed by atoms with E-state index >= 15 is 0 Å². The van der Waals surface area contributed by atoms with Gasteiger partial charge in [0.15, 0.2) is 0 Å². The summed E-state index contributed by atoms with van der Waals surface area (Å²) in [5, 5.41) is 4.23. The van der Waals surface area contributed by atoms with Gasteiger partial charge in [0.1, 0.15) is 5.75 Å². The zero-order valence-corrected chi connectivity index (χ0v) is 14.6. The van der Waals surface area contributed by atoms with Crippen molar-refractivity contribution in [2.45, 2.75) is 39.0 Å². The topological polar surface area (TPSA) is 21.3 Å². The van der Waals surface area contributed by atoms with E-state index in [-0.39, 0.29) is 0 Å². The van der Waals surface area contributed by atoms with Crippen molar-refractivity contribution in [2.75, 3.05) is 18.5 Å². The number of rotatable bonds is 10. The van der Waals surface area contributed by atoms with Gasteiger partial charge < -0.3 is 10.1 Å². The Hall–Kier alpha value is -1.67. The van der Waals surface area contributed by atoms with Gasteiger partial charge >= 0.3 is 0 Å². The second kappa shape index (κ2) is 10.2. The van der Waals surface area contributed by atoms with Gasteiger partial charge in [-0.05, 0) is 42.7 Å². The molecule has 0 bridgehead atoms. The Kier molecular flexibility index (Phi) is 7.82. The highest BCUT2D eigenvalue weighted by molar-refractivity contribution is 6.30. The molecule has 0 saturated carbocycles. The summed E-state index contributed by atoms with van der Waals surface area (Å²) in [4.78, 5) is 0. The van der Waals surface area contributed by atoms with Crippen LogP contribution in [0.3, 0.4) is 0 Å². The van der Waals surface area contributed by atoms with Crippen LogP contribution >= 0.6 is 11.6 Å². The summed E-state index contributed by atoms with van der Waals surface area (Å²) in [6, 6.07) is 16.2. The molecule has 0 amide bonds. The molecule has 0 aliphatic carbocycles. The zero-order chi connectivity index (χ0) is 16.3. The van der Waals surface area contributed by atoms with E-state index in [1.165, 1.54) is 24.8 Å². The number of anilines is 1. The molecular weight excluding hydrogens is 306 g/mol. The van der Waals surface area contributed by atoms with Crippen molar-refractivity contribution in [2.24, 2.45) is 0 Å². The molecule has 3 heteroatoms. The average Bonchev–Trinajstić information content (AvgIpc) is 2.57. The quantitative estimate of drug-likeness (QED) is 0.543. The van der Waals surface area contributed by atoms with Crippen molar-refractivity contribution in [1.29, 1.82) is 0 Å². The number of hydrogen-bond donors (Lipinski definition) is 1. The monoisotopic (exact) mass is 331 g/mol. The third kappa shape index (κ3) is 6.96. The fourth-order valence-corrected chi connectivity index (χ4v) is 2.54. The molecule has 1 N–H and O–H groups in total. The van der Waals surface area contributed by atoms with Crippen molar-refractivity contribution in [3.05, 3.63) is 59.1 Å². The summed E-state index contributed by atoms with van der Waals surface area (Å²) in [6.45, 7) is 3.91. The molecule has 2 nitrogen and oxygen atoms in total. The Morgan fingerprint density at radius 1 is 1.00 bits per heavy atom.